The third-order valence-corrected chi connectivity index (χ3v) is 3.86. The lowest BCUT2D eigenvalue weighted by Gasteiger charge is -2.11. The molecule has 0 unspecified atom stereocenters. The zero-order valence-electron chi connectivity index (χ0n) is 15.2. The summed E-state index contributed by atoms with van der Waals surface area (Å²) >= 11 is 0. The predicted molar refractivity (Wildman–Crippen MR) is 108 cm³/mol. The van der Waals surface area contributed by atoms with Gasteiger partial charge in [-0.15, -0.1) is 0 Å². The number of anilines is 4. The van der Waals surface area contributed by atoms with Crippen LogP contribution < -0.4 is 15.4 Å². The van der Waals surface area contributed by atoms with Crippen LogP contribution in [0, 0.1) is 6.92 Å². The highest BCUT2D eigenvalue weighted by atomic mass is 16.5. The predicted octanol–water partition coefficient (Wildman–Crippen LogP) is 4.85. The first-order valence-electron chi connectivity index (χ1n) is 8.74. The third-order valence-electron chi connectivity index (χ3n) is 3.86. The molecule has 4 rings (SSSR count). The van der Waals surface area contributed by atoms with Crippen molar-refractivity contribution in [3.8, 4) is 11.5 Å². The number of rotatable bonds is 6. The van der Waals surface area contributed by atoms with E-state index in [0.717, 1.165) is 22.7 Å². The fourth-order valence-corrected chi connectivity index (χ4v) is 2.46. The molecule has 0 amide bonds. The molecule has 7 nitrogen and oxygen atoms in total. The molecule has 2 heterocycles. The van der Waals surface area contributed by atoms with E-state index in [-0.39, 0.29) is 0 Å². The van der Waals surface area contributed by atoms with Gasteiger partial charge in [-0.1, -0.05) is 18.2 Å². The second-order valence-corrected chi connectivity index (χ2v) is 5.99. The summed E-state index contributed by atoms with van der Waals surface area (Å²) in [4.78, 5) is 17.0. The number of hydrogen-bond acceptors (Lipinski definition) is 7. The van der Waals surface area contributed by atoms with E-state index in [1.165, 1.54) is 0 Å². The Morgan fingerprint density at radius 1 is 0.714 bits per heavy atom. The van der Waals surface area contributed by atoms with Gasteiger partial charge in [-0.3, -0.25) is 5.32 Å². The molecule has 2 N–H and O–H groups in total. The van der Waals surface area contributed by atoms with Crippen molar-refractivity contribution in [3.05, 3.63) is 84.8 Å². The average molecular weight is 370 g/mol. The van der Waals surface area contributed by atoms with Crippen LogP contribution in [0.15, 0.2) is 79.3 Å². The number of benzene rings is 2. The summed E-state index contributed by atoms with van der Waals surface area (Å²) in [5.41, 5.74) is 1.81. The summed E-state index contributed by atoms with van der Waals surface area (Å²) < 4.78 is 5.82. The van der Waals surface area contributed by atoms with Crippen LogP contribution in [0.3, 0.4) is 0 Å². The van der Waals surface area contributed by atoms with Crippen molar-refractivity contribution in [1.82, 2.24) is 19.9 Å². The van der Waals surface area contributed by atoms with Crippen LogP contribution in [-0.2, 0) is 0 Å². The van der Waals surface area contributed by atoms with Crippen LogP contribution in [-0.4, -0.2) is 19.9 Å². The van der Waals surface area contributed by atoms with Gasteiger partial charge < -0.3 is 10.1 Å². The normalized spacial score (nSPS) is 10.3. The maximum Gasteiger partial charge on any atom is 0.231 e. The molecule has 0 saturated heterocycles. The molecule has 28 heavy (non-hydrogen) atoms. The van der Waals surface area contributed by atoms with Gasteiger partial charge in [-0.05, 0) is 49.4 Å². The zero-order chi connectivity index (χ0) is 19.2. The maximum atomic E-state index is 5.82. The second kappa shape index (κ2) is 8.13. The molecule has 2 aromatic carbocycles. The summed E-state index contributed by atoms with van der Waals surface area (Å²) in [6.07, 6.45) is 5.05. The molecule has 138 valence electrons. The fraction of sp³-hybridized carbons (Fsp3) is 0.0476. The maximum absolute atomic E-state index is 5.82. The Morgan fingerprint density at radius 3 is 2.18 bits per heavy atom. The monoisotopic (exact) mass is 370 g/mol. The van der Waals surface area contributed by atoms with E-state index >= 15 is 0 Å². The molecule has 0 aliphatic carbocycles. The van der Waals surface area contributed by atoms with Crippen LogP contribution in [0.2, 0.25) is 0 Å². The third kappa shape index (κ3) is 4.39. The van der Waals surface area contributed by atoms with Crippen molar-refractivity contribution in [1.29, 1.82) is 0 Å². The van der Waals surface area contributed by atoms with Gasteiger partial charge in [0.05, 0.1) is 0 Å². The van der Waals surface area contributed by atoms with E-state index in [1.807, 2.05) is 61.5 Å². The van der Waals surface area contributed by atoms with Gasteiger partial charge in [0, 0.05) is 29.8 Å². The Labute approximate surface area is 162 Å². The Kier molecular flexibility index (Phi) is 5.06. The molecule has 0 bridgehead atoms. The van der Waals surface area contributed by atoms with Crippen LogP contribution in [0.4, 0.5) is 23.4 Å². The van der Waals surface area contributed by atoms with Gasteiger partial charge in [-0.2, -0.15) is 4.98 Å². The van der Waals surface area contributed by atoms with Gasteiger partial charge in [0.25, 0.3) is 0 Å². The molecular formula is C21H18N6O. The minimum Gasteiger partial charge on any atom is -0.457 e. The van der Waals surface area contributed by atoms with Crippen molar-refractivity contribution >= 4 is 23.4 Å². The minimum absolute atomic E-state index is 0.420. The molecule has 0 spiro atoms. The lowest BCUT2D eigenvalue weighted by atomic mass is 10.2. The van der Waals surface area contributed by atoms with E-state index < -0.39 is 0 Å². The minimum atomic E-state index is 0.420. The molecule has 0 radical (unpaired) electrons. The molecule has 7 heteroatoms. The second-order valence-electron chi connectivity index (χ2n) is 5.99. The van der Waals surface area contributed by atoms with Crippen molar-refractivity contribution in [2.24, 2.45) is 0 Å². The highest BCUT2D eigenvalue weighted by Gasteiger charge is 2.06. The number of aromatic nitrogens is 4. The largest absolute Gasteiger partial charge is 0.457 e. The summed E-state index contributed by atoms with van der Waals surface area (Å²) in [6.45, 7) is 1.94. The summed E-state index contributed by atoms with van der Waals surface area (Å²) in [6, 6.07) is 19.1. The van der Waals surface area contributed by atoms with Crippen LogP contribution >= 0.6 is 0 Å². The quantitative estimate of drug-likeness (QED) is 0.501. The topological polar surface area (TPSA) is 84.9 Å². The van der Waals surface area contributed by atoms with Crippen molar-refractivity contribution in [2.75, 3.05) is 10.6 Å². The van der Waals surface area contributed by atoms with Crippen LogP contribution in [0.5, 0.6) is 11.5 Å². The first kappa shape index (κ1) is 17.4. The smallest absolute Gasteiger partial charge is 0.231 e. The molecular weight excluding hydrogens is 352 g/mol. The molecule has 0 aliphatic heterocycles. The highest BCUT2D eigenvalue weighted by Crippen LogP contribution is 2.25. The lowest BCUT2D eigenvalue weighted by molar-refractivity contribution is 0.483. The van der Waals surface area contributed by atoms with Crippen molar-refractivity contribution in [2.45, 2.75) is 6.92 Å². The van der Waals surface area contributed by atoms with Gasteiger partial charge in [0.15, 0.2) is 0 Å². The number of nitrogens with zero attached hydrogens (tertiary/aromatic N) is 4. The number of ether oxygens (including phenoxy) is 1. The molecule has 2 aromatic heterocycles. The van der Waals surface area contributed by atoms with Crippen molar-refractivity contribution < 1.29 is 4.74 Å². The van der Waals surface area contributed by atoms with E-state index in [2.05, 4.69) is 30.6 Å². The van der Waals surface area contributed by atoms with Crippen LogP contribution in [0.25, 0.3) is 0 Å². The van der Waals surface area contributed by atoms with Gasteiger partial charge in [0.1, 0.15) is 17.3 Å². The first-order valence-corrected chi connectivity index (χ1v) is 8.74. The van der Waals surface area contributed by atoms with Crippen molar-refractivity contribution in [3.63, 3.8) is 0 Å². The number of para-hydroxylation sites is 1. The van der Waals surface area contributed by atoms with Crippen LogP contribution in [0.1, 0.15) is 5.56 Å². The summed E-state index contributed by atoms with van der Waals surface area (Å²) in [7, 11) is 0. The van der Waals surface area contributed by atoms with E-state index in [0.29, 0.717) is 17.7 Å². The summed E-state index contributed by atoms with van der Waals surface area (Å²) in [5, 5.41) is 6.29. The number of aryl methyl sites for hydroxylation is 1. The lowest BCUT2D eigenvalue weighted by Crippen LogP contribution is -2.04. The van der Waals surface area contributed by atoms with Gasteiger partial charge in [0.2, 0.25) is 11.9 Å². The zero-order valence-corrected chi connectivity index (χ0v) is 15.2. The summed E-state index contributed by atoms with van der Waals surface area (Å²) in [5.74, 6) is 3.13. The molecule has 4 aromatic rings. The molecule has 0 atom stereocenters. The average Bonchev–Trinajstić information content (AvgIpc) is 2.73. The van der Waals surface area contributed by atoms with Gasteiger partial charge >= 0.3 is 0 Å². The highest BCUT2D eigenvalue weighted by molar-refractivity contribution is 5.61. The SMILES string of the molecule is Cc1cnc(Nc2ncccn2)nc1Nc1ccc(Oc2ccccc2)cc1. The number of nitrogens with one attached hydrogen (secondary N) is 2. The molecule has 0 fully saturated rings. The Morgan fingerprint density at radius 2 is 1.43 bits per heavy atom. The van der Waals surface area contributed by atoms with E-state index in [9.17, 15) is 0 Å². The Bertz CT molecular complexity index is 1040. The number of hydrogen-bond donors (Lipinski definition) is 2. The Balaban J connectivity index is 1.47. The van der Waals surface area contributed by atoms with E-state index in [1.54, 1.807) is 24.7 Å². The first-order chi connectivity index (χ1) is 13.8. The molecule has 0 aliphatic rings. The van der Waals surface area contributed by atoms with E-state index in [4.69, 9.17) is 4.74 Å². The van der Waals surface area contributed by atoms with Gasteiger partial charge in [-0.25, -0.2) is 15.0 Å². The fourth-order valence-electron chi connectivity index (χ4n) is 2.46. The Hall–Kier alpha value is -4.00. The standard InChI is InChI=1S/C21H18N6O/c1-15-14-24-21(27-20-22-12-5-13-23-20)26-19(15)25-16-8-10-18(11-9-16)28-17-6-3-2-4-7-17/h2-14H,1H3,(H2,22,23,24,25,26,27). The molecule has 0 saturated carbocycles.